The minimum Gasteiger partial charge on any atom is -0.383 e. The van der Waals surface area contributed by atoms with Gasteiger partial charge in [0.2, 0.25) is 5.95 Å². The number of pyridine rings is 2. The van der Waals surface area contributed by atoms with E-state index in [2.05, 4.69) is 57.8 Å². The molecule has 1 unspecified atom stereocenters. The smallest absolute Gasteiger partial charge is 0.383 e. The monoisotopic (exact) mass is 600 g/mol. The molecule has 1 aliphatic rings. The number of aromatic nitrogens is 5. The van der Waals surface area contributed by atoms with Crippen LogP contribution in [0, 0.1) is 22.7 Å². The molecule has 5 rings (SSSR count). The molecule has 3 heterocycles. The van der Waals surface area contributed by atoms with Crippen molar-refractivity contribution in [2.45, 2.75) is 64.7 Å². The second kappa shape index (κ2) is 10.7. The van der Waals surface area contributed by atoms with Crippen LogP contribution in [-0.2, 0) is 12.0 Å². The highest BCUT2D eigenvalue weighted by Gasteiger charge is 2.66. The molecule has 0 amide bonds. The summed E-state index contributed by atoms with van der Waals surface area (Å²) in [6.45, 7) is 8.53. The SMILES string of the molecule is CCc1nc(F)ccc1C(Nc1cc(Cl)c2ncc(C#N)c(NCC(C)(C)C)c2c1)c1cn(C2(C(F)(F)F)CC2)nn1. The van der Waals surface area contributed by atoms with Crippen LogP contribution in [0.4, 0.5) is 28.9 Å². The lowest BCUT2D eigenvalue weighted by atomic mass is 9.96. The maximum atomic E-state index is 14.1. The highest BCUT2D eigenvalue weighted by Crippen LogP contribution is 2.55. The first kappa shape index (κ1) is 29.5. The van der Waals surface area contributed by atoms with Gasteiger partial charge >= 0.3 is 6.18 Å². The van der Waals surface area contributed by atoms with Gasteiger partial charge in [0.1, 0.15) is 11.8 Å². The number of rotatable bonds is 8. The van der Waals surface area contributed by atoms with Crippen molar-refractivity contribution in [2.24, 2.45) is 5.41 Å². The van der Waals surface area contributed by atoms with Crippen molar-refractivity contribution < 1.29 is 17.6 Å². The molecule has 0 bridgehead atoms. The molecular formula is C29H29ClF4N8. The molecule has 2 N–H and O–H groups in total. The lowest BCUT2D eigenvalue weighted by Gasteiger charge is -2.23. The van der Waals surface area contributed by atoms with Crippen LogP contribution in [0.2, 0.25) is 5.02 Å². The van der Waals surface area contributed by atoms with Gasteiger partial charge in [0.25, 0.3) is 0 Å². The number of fused-ring (bicyclic) bond motifs is 1. The summed E-state index contributed by atoms with van der Waals surface area (Å²) in [5.74, 6) is -0.676. The number of hydrogen-bond acceptors (Lipinski definition) is 7. The molecule has 8 nitrogen and oxygen atoms in total. The van der Waals surface area contributed by atoms with E-state index in [1.165, 1.54) is 24.5 Å². The van der Waals surface area contributed by atoms with Crippen molar-refractivity contribution in [3.05, 3.63) is 70.1 Å². The Labute approximate surface area is 245 Å². The number of nitrogens with zero attached hydrogens (tertiary/aromatic N) is 6. The zero-order valence-electron chi connectivity index (χ0n) is 23.4. The van der Waals surface area contributed by atoms with Crippen molar-refractivity contribution in [2.75, 3.05) is 17.2 Å². The van der Waals surface area contributed by atoms with Gasteiger partial charge < -0.3 is 10.6 Å². The minimum absolute atomic E-state index is 0.0887. The quantitative estimate of drug-likeness (QED) is 0.163. The van der Waals surface area contributed by atoms with Crippen LogP contribution in [-0.4, -0.2) is 37.7 Å². The molecule has 0 radical (unpaired) electrons. The van der Waals surface area contributed by atoms with Gasteiger partial charge in [-0.3, -0.25) is 4.98 Å². The summed E-state index contributed by atoms with van der Waals surface area (Å²) in [6, 6.07) is 7.43. The van der Waals surface area contributed by atoms with E-state index in [-0.39, 0.29) is 24.0 Å². The largest absolute Gasteiger partial charge is 0.413 e. The first-order valence-corrected chi connectivity index (χ1v) is 13.8. The molecule has 220 valence electrons. The fourth-order valence-corrected chi connectivity index (χ4v) is 5.13. The van der Waals surface area contributed by atoms with Gasteiger partial charge in [0, 0.05) is 35.1 Å². The van der Waals surface area contributed by atoms with Crippen LogP contribution in [0.25, 0.3) is 10.9 Å². The molecule has 0 saturated heterocycles. The van der Waals surface area contributed by atoms with Gasteiger partial charge in [0.15, 0.2) is 5.54 Å². The zero-order valence-corrected chi connectivity index (χ0v) is 24.2. The number of hydrogen-bond donors (Lipinski definition) is 2. The molecule has 1 aromatic carbocycles. The maximum absolute atomic E-state index is 14.1. The topological polar surface area (TPSA) is 104 Å². The molecule has 3 aromatic heterocycles. The van der Waals surface area contributed by atoms with Gasteiger partial charge in [-0.05, 0) is 42.9 Å². The van der Waals surface area contributed by atoms with Crippen molar-refractivity contribution in [1.82, 2.24) is 25.0 Å². The third kappa shape index (κ3) is 5.57. The highest BCUT2D eigenvalue weighted by molar-refractivity contribution is 6.35. The summed E-state index contributed by atoms with van der Waals surface area (Å²) in [4.78, 5) is 8.40. The fourth-order valence-electron chi connectivity index (χ4n) is 4.86. The maximum Gasteiger partial charge on any atom is 0.413 e. The van der Waals surface area contributed by atoms with E-state index in [1.807, 2.05) is 0 Å². The summed E-state index contributed by atoms with van der Waals surface area (Å²) in [6.07, 6.45) is -1.57. The van der Waals surface area contributed by atoms with Crippen LogP contribution in [0.15, 0.2) is 36.7 Å². The first-order chi connectivity index (χ1) is 19.8. The Bertz CT molecular complexity index is 1680. The highest BCUT2D eigenvalue weighted by atomic mass is 35.5. The molecular weight excluding hydrogens is 572 g/mol. The first-order valence-electron chi connectivity index (χ1n) is 13.4. The van der Waals surface area contributed by atoms with E-state index in [9.17, 15) is 22.8 Å². The predicted octanol–water partition coefficient (Wildman–Crippen LogP) is 7.16. The average molecular weight is 601 g/mol. The van der Waals surface area contributed by atoms with Gasteiger partial charge in [0.05, 0.1) is 34.0 Å². The number of halogens is 5. The minimum atomic E-state index is -4.49. The molecule has 42 heavy (non-hydrogen) atoms. The normalized spacial score (nSPS) is 15.3. The second-order valence-corrected chi connectivity index (χ2v) is 12.1. The Kier molecular flexibility index (Phi) is 7.51. The molecule has 1 aliphatic carbocycles. The van der Waals surface area contributed by atoms with Crippen molar-refractivity contribution in [1.29, 1.82) is 5.26 Å². The fraction of sp³-hybridized carbons (Fsp3) is 0.414. The Morgan fingerprint density at radius 1 is 1.19 bits per heavy atom. The molecule has 0 spiro atoms. The lowest BCUT2D eigenvalue weighted by molar-refractivity contribution is -0.182. The molecule has 0 aliphatic heterocycles. The number of nitrogens with one attached hydrogen (secondary N) is 2. The predicted molar refractivity (Wildman–Crippen MR) is 152 cm³/mol. The van der Waals surface area contributed by atoms with Crippen molar-refractivity contribution in [3.8, 4) is 6.07 Å². The van der Waals surface area contributed by atoms with Gasteiger partial charge in [-0.15, -0.1) is 5.10 Å². The van der Waals surface area contributed by atoms with E-state index in [4.69, 9.17) is 11.6 Å². The van der Waals surface area contributed by atoms with E-state index in [0.717, 1.165) is 4.68 Å². The Balaban J connectivity index is 1.63. The average Bonchev–Trinajstić information content (AvgIpc) is 3.61. The van der Waals surface area contributed by atoms with Crippen molar-refractivity contribution >= 4 is 33.9 Å². The molecule has 1 fully saturated rings. The van der Waals surface area contributed by atoms with E-state index >= 15 is 0 Å². The van der Waals surface area contributed by atoms with Crippen LogP contribution in [0.1, 0.15) is 69.1 Å². The Morgan fingerprint density at radius 2 is 1.93 bits per heavy atom. The lowest BCUT2D eigenvalue weighted by Crippen LogP contribution is -2.35. The van der Waals surface area contributed by atoms with E-state index < -0.39 is 23.7 Å². The molecule has 4 aromatic rings. The number of aryl methyl sites for hydroxylation is 1. The molecule has 1 saturated carbocycles. The van der Waals surface area contributed by atoms with Crippen LogP contribution >= 0.6 is 11.6 Å². The van der Waals surface area contributed by atoms with Crippen molar-refractivity contribution in [3.63, 3.8) is 0 Å². The Morgan fingerprint density at radius 3 is 2.55 bits per heavy atom. The third-order valence-electron chi connectivity index (χ3n) is 7.27. The summed E-state index contributed by atoms with van der Waals surface area (Å²) in [5.41, 5.74) is 0.781. The number of anilines is 2. The third-order valence-corrected chi connectivity index (χ3v) is 7.56. The van der Waals surface area contributed by atoms with Crippen LogP contribution < -0.4 is 10.6 Å². The standard InChI is InChI=1S/C29H29ClF4N8/c1-5-21-18(6-7-23(31)39-21)26(22-14-42(41-40-22)28(8-9-28)29(32,33)34)38-17-10-19-24(37-15-27(2,3)4)16(12-35)13-36-25(19)20(30)11-17/h6-7,10-11,13-14,26,38H,5,8-9,15H2,1-4H3,(H,36,37). The van der Waals surface area contributed by atoms with E-state index in [0.29, 0.717) is 57.1 Å². The van der Waals surface area contributed by atoms with Crippen LogP contribution in [0.5, 0.6) is 0 Å². The van der Waals surface area contributed by atoms with Crippen LogP contribution in [0.3, 0.4) is 0 Å². The van der Waals surface area contributed by atoms with Gasteiger partial charge in [-0.2, -0.15) is 22.8 Å². The summed E-state index contributed by atoms with van der Waals surface area (Å²) in [7, 11) is 0. The van der Waals surface area contributed by atoms with Gasteiger partial charge in [-0.1, -0.05) is 50.6 Å². The summed E-state index contributed by atoms with van der Waals surface area (Å²) < 4.78 is 56.5. The molecule has 1 atom stereocenters. The Hall–Kier alpha value is -3.98. The molecule has 13 heteroatoms. The summed E-state index contributed by atoms with van der Waals surface area (Å²) >= 11 is 6.66. The zero-order chi connectivity index (χ0) is 30.4. The number of nitriles is 1. The van der Waals surface area contributed by atoms with E-state index in [1.54, 1.807) is 19.1 Å². The summed E-state index contributed by atoms with van der Waals surface area (Å²) in [5, 5.41) is 25.3. The number of alkyl halides is 3. The van der Waals surface area contributed by atoms with Gasteiger partial charge in [-0.25, -0.2) is 9.67 Å². The second-order valence-electron chi connectivity index (χ2n) is 11.6. The number of benzene rings is 1.